The quantitative estimate of drug-likeness (QED) is 0.664. The number of carbonyl (C=O) groups is 1. The number of morpholine rings is 1. The number of hydrogen-bond acceptors (Lipinski definition) is 4. The second kappa shape index (κ2) is 8.16. The highest BCUT2D eigenvalue weighted by Gasteiger charge is 2.19. The number of benzene rings is 2. The van der Waals surface area contributed by atoms with Crippen LogP contribution in [0.2, 0.25) is 0 Å². The highest BCUT2D eigenvalue weighted by molar-refractivity contribution is 9.10. The van der Waals surface area contributed by atoms with Gasteiger partial charge in [0.2, 0.25) is 0 Å². The van der Waals surface area contributed by atoms with Crippen LogP contribution in [0.4, 0.5) is 11.4 Å². The molecule has 28 heavy (non-hydrogen) atoms. The molecule has 1 saturated heterocycles. The largest absolute Gasteiger partial charge is 0.378 e. The van der Waals surface area contributed by atoms with Crippen LogP contribution in [0.3, 0.4) is 0 Å². The molecule has 0 saturated carbocycles. The predicted molar refractivity (Wildman–Crippen MR) is 113 cm³/mol. The fourth-order valence-electron chi connectivity index (χ4n) is 3.29. The molecule has 1 aliphatic rings. The van der Waals surface area contributed by atoms with Gasteiger partial charge in [0, 0.05) is 23.3 Å². The zero-order valence-electron chi connectivity index (χ0n) is 15.6. The lowest BCUT2D eigenvalue weighted by atomic mass is 10.2. The summed E-state index contributed by atoms with van der Waals surface area (Å²) in [4.78, 5) is 15.1. The average Bonchev–Trinajstić information content (AvgIpc) is 3.11. The first-order chi connectivity index (χ1) is 13.6. The minimum absolute atomic E-state index is 0.231. The molecule has 0 radical (unpaired) electrons. The molecule has 1 N–H and O–H groups in total. The summed E-state index contributed by atoms with van der Waals surface area (Å²) in [5.41, 5.74) is 3.95. The van der Waals surface area contributed by atoms with E-state index in [0.717, 1.165) is 40.3 Å². The molecule has 1 aromatic heterocycles. The van der Waals surface area contributed by atoms with Crippen LogP contribution in [0.25, 0.3) is 5.69 Å². The first-order valence-corrected chi connectivity index (χ1v) is 9.97. The summed E-state index contributed by atoms with van der Waals surface area (Å²) < 4.78 is 8.13. The number of aromatic nitrogens is 2. The van der Waals surface area contributed by atoms with Gasteiger partial charge >= 0.3 is 0 Å². The van der Waals surface area contributed by atoms with Crippen molar-refractivity contribution in [2.45, 2.75) is 6.92 Å². The Morgan fingerprint density at radius 1 is 1.11 bits per heavy atom. The number of rotatable bonds is 4. The van der Waals surface area contributed by atoms with Crippen LogP contribution >= 0.6 is 15.9 Å². The maximum atomic E-state index is 12.9. The Balaban J connectivity index is 1.60. The molecular formula is C21H21BrN4O2. The van der Waals surface area contributed by atoms with Crippen molar-refractivity contribution in [1.82, 2.24) is 9.78 Å². The first-order valence-electron chi connectivity index (χ1n) is 9.17. The maximum Gasteiger partial charge on any atom is 0.276 e. The molecule has 2 aromatic carbocycles. The number of aryl methyl sites for hydroxylation is 1. The molecule has 1 amide bonds. The van der Waals surface area contributed by atoms with Crippen LogP contribution in [0.15, 0.2) is 59.1 Å². The third-order valence-corrected chi connectivity index (χ3v) is 5.17. The zero-order chi connectivity index (χ0) is 19.5. The Morgan fingerprint density at radius 3 is 2.61 bits per heavy atom. The van der Waals surface area contributed by atoms with E-state index < -0.39 is 0 Å². The van der Waals surface area contributed by atoms with Gasteiger partial charge in [0.05, 0.1) is 30.3 Å². The van der Waals surface area contributed by atoms with Gasteiger partial charge in [0.1, 0.15) is 0 Å². The van der Waals surface area contributed by atoms with Gasteiger partial charge in [-0.1, -0.05) is 34.1 Å². The third-order valence-electron chi connectivity index (χ3n) is 4.68. The molecule has 3 aromatic rings. The molecule has 1 aliphatic heterocycles. The second-order valence-corrected chi connectivity index (χ2v) is 7.55. The summed E-state index contributed by atoms with van der Waals surface area (Å²) in [7, 11) is 0. The van der Waals surface area contributed by atoms with Crippen LogP contribution in [-0.2, 0) is 4.74 Å². The summed E-state index contributed by atoms with van der Waals surface area (Å²) in [6, 6.07) is 17.5. The van der Waals surface area contributed by atoms with Crippen molar-refractivity contribution in [3.8, 4) is 5.69 Å². The number of amides is 1. The van der Waals surface area contributed by atoms with Crippen molar-refractivity contribution in [1.29, 1.82) is 0 Å². The van der Waals surface area contributed by atoms with E-state index in [1.165, 1.54) is 0 Å². The minimum Gasteiger partial charge on any atom is -0.378 e. The Morgan fingerprint density at radius 2 is 1.86 bits per heavy atom. The Kier molecular flexibility index (Phi) is 5.45. The molecule has 0 unspecified atom stereocenters. The Hall–Kier alpha value is -2.64. The van der Waals surface area contributed by atoms with Crippen molar-refractivity contribution < 1.29 is 9.53 Å². The topological polar surface area (TPSA) is 59.4 Å². The molecule has 144 valence electrons. The van der Waals surface area contributed by atoms with Crippen LogP contribution < -0.4 is 10.2 Å². The van der Waals surface area contributed by atoms with Gasteiger partial charge in [0.15, 0.2) is 5.69 Å². The van der Waals surface area contributed by atoms with Gasteiger partial charge in [-0.2, -0.15) is 5.10 Å². The molecule has 0 atom stereocenters. The van der Waals surface area contributed by atoms with E-state index in [1.54, 1.807) is 10.7 Å². The standard InChI is InChI=1S/C21H21BrN4O2/c1-15-13-19(24-26(15)17-5-3-2-4-6-17)21(27)23-18-14-16(22)7-8-20(18)25-9-11-28-12-10-25/h2-8,13-14H,9-12H2,1H3,(H,23,27). The monoisotopic (exact) mass is 440 g/mol. The van der Waals surface area contributed by atoms with Crippen LogP contribution in [0, 0.1) is 6.92 Å². The smallest absolute Gasteiger partial charge is 0.276 e. The fourth-order valence-corrected chi connectivity index (χ4v) is 3.65. The SMILES string of the molecule is Cc1cc(C(=O)Nc2cc(Br)ccc2N2CCOCC2)nn1-c1ccccc1. The van der Waals surface area contributed by atoms with Gasteiger partial charge in [-0.25, -0.2) is 4.68 Å². The zero-order valence-corrected chi connectivity index (χ0v) is 17.1. The molecule has 1 fully saturated rings. The van der Waals surface area contributed by atoms with E-state index in [1.807, 2.05) is 55.5 Å². The summed E-state index contributed by atoms with van der Waals surface area (Å²) >= 11 is 3.50. The number of ether oxygens (including phenoxy) is 1. The van der Waals surface area contributed by atoms with E-state index in [9.17, 15) is 4.79 Å². The van der Waals surface area contributed by atoms with Crippen LogP contribution in [-0.4, -0.2) is 42.0 Å². The summed E-state index contributed by atoms with van der Waals surface area (Å²) in [5, 5.41) is 7.53. The number of para-hydroxylation sites is 1. The predicted octanol–water partition coefficient (Wildman–Crippen LogP) is 4.03. The molecule has 6 nitrogen and oxygen atoms in total. The van der Waals surface area contributed by atoms with Gasteiger partial charge in [-0.3, -0.25) is 4.79 Å². The number of nitrogens with zero attached hydrogens (tertiary/aromatic N) is 3. The number of carbonyl (C=O) groups excluding carboxylic acids is 1. The van der Waals surface area contributed by atoms with E-state index in [-0.39, 0.29) is 5.91 Å². The maximum absolute atomic E-state index is 12.9. The van der Waals surface area contributed by atoms with Crippen molar-refractivity contribution in [2.75, 3.05) is 36.5 Å². The fraction of sp³-hybridized carbons (Fsp3) is 0.238. The van der Waals surface area contributed by atoms with Gasteiger partial charge < -0.3 is 15.0 Å². The Bertz CT molecular complexity index is 981. The Labute approximate surface area is 172 Å². The molecular weight excluding hydrogens is 420 g/mol. The first kappa shape index (κ1) is 18.7. The van der Waals surface area contributed by atoms with Gasteiger partial charge in [-0.05, 0) is 43.3 Å². The lowest BCUT2D eigenvalue weighted by molar-refractivity contribution is 0.102. The normalized spacial score (nSPS) is 14.1. The second-order valence-electron chi connectivity index (χ2n) is 6.63. The van der Waals surface area contributed by atoms with E-state index in [4.69, 9.17) is 4.74 Å². The summed E-state index contributed by atoms with van der Waals surface area (Å²) in [6.07, 6.45) is 0. The number of hydrogen-bond donors (Lipinski definition) is 1. The molecule has 4 rings (SSSR count). The summed E-state index contributed by atoms with van der Waals surface area (Å²) in [5.74, 6) is -0.231. The molecule has 7 heteroatoms. The molecule has 0 spiro atoms. The number of halogens is 1. The van der Waals surface area contributed by atoms with Gasteiger partial charge in [0.25, 0.3) is 5.91 Å². The number of anilines is 2. The highest BCUT2D eigenvalue weighted by atomic mass is 79.9. The average molecular weight is 441 g/mol. The van der Waals surface area contributed by atoms with Crippen molar-refractivity contribution in [3.05, 3.63) is 70.5 Å². The highest BCUT2D eigenvalue weighted by Crippen LogP contribution is 2.30. The molecule has 0 bridgehead atoms. The van der Waals surface area contributed by atoms with E-state index in [0.29, 0.717) is 18.9 Å². The van der Waals surface area contributed by atoms with Crippen molar-refractivity contribution >= 4 is 33.2 Å². The molecule has 2 heterocycles. The van der Waals surface area contributed by atoms with E-state index in [2.05, 4.69) is 31.2 Å². The lowest BCUT2D eigenvalue weighted by Crippen LogP contribution is -2.36. The molecule has 0 aliphatic carbocycles. The lowest BCUT2D eigenvalue weighted by Gasteiger charge is -2.30. The van der Waals surface area contributed by atoms with Crippen LogP contribution in [0.1, 0.15) is 16.2 Å². The van der Waals surface area contributed by atoms with Crippen LogP contribution in [0.5, 0.6) is 0 Å². The number of nitrogens with one attached hydrogen (secondary N) is 1. The third kappa shape index (κ3) is 3.95. The van der Waals surface area contributed by atoms with E-state index >= 15 is 0 Å². The van der Waals surface area contributed by atoms with Gasteiger partial charge in [-0.15, -0.1) is 0 Å². The van der Waals surface area contributed by atoms with Crippen molar-refractivity contribution in [3.63, 3.8) is 0 Å². The minimum atomic E-state index is -0.231. The summed E-state index contributed by atoms with van der Waals surface area (Å²) in [6.45, 7) is 4.90. The van der Waals surface area contributed by atoms with Crippen molar-refractivity contribution in [2.24, 2.45) is 0 Å².